The van der Waals surface area contributed by atoms with E-state index >= 15 is 0 Å². The molecule has 0 spiro atoms. The first-order valence-corrected chi connectivity index (χ1v) is 9.90. The minimum absolute atomic E-state index is 0.0940. The van der Waals surface area contributed by atoms with Crippen molar-refractivity contribution < 1.29 is 40.3 Å². The molecule has 1 N–H and O–H groups in total. The van der Waals surface area contributed by atoms with Gasteiger partial charge in [-0.15, -0.1) is 0 Å². The second-order valence-electron chi connectivity index (χ2n) is 7.77. The third-order valence-electron chi connectivity index (χ3n) is 5.26. The summed E-state index contributed by atoms with van der Waals surface area (Å²) in [6.45, 7) is 0.938. The number of anilines is 2. The van der Waals surface area contributed by atoms with Gasteiger partial charge in [-0.1, -0.05) is 0 Å². The third-order valence-corrected chi connectivity index (χ3v) is 5.26. The molecule has 1 fully saturated rings. The van der Waals surface area contributed by atoms with Crippen molar-refractivity contribution in [2.45, 2.75) is 37.8 Å². The molecule has 0 saturated carbocycles. The Bertz CT molecular complexity index is 1040. The fraction of sp³-hybridized carbons (Fsp3) is 0.381. The predicted octanol–water partition coefficient (Wildman–Crippen LogP) is 4.00. The number of aromatic nitrogens is 1. The van der Waals surface area contributed by atoms with Crippen molar-refractivity contribution in [3.8, 4) is 0 Å². The highest BCUT2D eigenvalue weighted by atomic mass is 19.4. The lowest BCUT2D eigenvalue weighted by Gasteiger charge is -2.29. The maximum Gasteiger partial charge on any atom is 0.433 e. The third kappa shape index (κ3) is 5.57. The van der Waals surface area contributed by atoms with E-state index in [1.165, 1.54) is 26.1 Å². The van der Waals surface area contributed by atoms with Crippen molar-refractivity contribution >= 4 is 23.3 Å². The van der Waals surface area contributed by atoms with Crippen LogP contribution < -0.4 is 15.1 Å². The molecule has 0 aliphatic carbocycles. The molecule has 13 heteroatoms. The second-order valence-corrected chi connectivity index (χ2v) is 7.77. The number of likely N-dealkylation sites (N-methyl/N-ethyl adjacent to an activating group) is 1. The number of nitrogens with one attached hydrogen (secondary N) is 1. The molecule has 0 bridgehead atoms. The smallest absolute Gasteiger partial charge is 0.352 e. The van der Waals surface area contributed by atoms with Crippen LogP contribution in [0.3, 0.4) is 0 Å². The highest BCUT2D eigenvalue weighted by Gasteiger charge is 2.43. The first kappa shape index (κ1) is 25.2. The Hall–Kier alpha value is -3.38. The molecule has 6 nitrogen and oxygen atoms in total. The van der Waals surface area contributed by atoms with E-state index in [2.05, 4.69) is 10.3 Å². The van der Waals surface area contributed by atoms with E-state index in [0.717, 1.165) is 21.9 Å². The minimum atomic E-state index is -5.17. The van der Waals surface area contributed by atoms with Gasteiger partial charge in [-0.25, -0.2) is 9.37 Å². The molecule has 2 heterocycles. The predicted molar refractivity (Wildman–Crippen MR) is 107 cm³/mol. The first-order chi connectivity index (χ1) is 15.7. The Labute approximate surface area is 189 Å². The van der Waals surface area contributed by atoms with E-state index in [9.17, 15) is 40.3 Å². The Morgan fingerprint density at radius 3 is 2.21 bits per heavy atom. The Morgan fingerprint density at radius 2 is 1.68 bits per heavy atom. The summed E-state index contributed by atoms with van der Waals surface area (Å²) in [6, 6.07) is 3.12. The summed E-state index contributed by atoms with van der Waals surface area (Å²) in [4.78, 5) is 30.2. The Kier molecular flexibility index (Phi) is 6.76. The van der Waals surface area contributed by atoms with E-state index < -0.39 is 59.1 Å². The van der Waals surface area contributed by atoms with Crippen LogP contribution in [0.5, 0.6) is 0 Å². The monoisotopic (exact) mass is 492 g/mol. The number of hydrogen-bond donors (Lipinski definition) is 1. The summed E-state index contributed by atoms with van der Waals surface area (Å²) in [5.74, 6) is -2.45. The average molecular weight is 492 g/mol. The molecule has 0 unspecified atom stereocenters. The van der Waals surface area contributed by atoms with E-state index in [1.807, 2.05) is 0 Å². The van der Waals surface area contributed by atoms with Crippen molar-refractivity contribution in [3.05, 3.63) is 53.5 Å². The van der Waals surface area contributed by atoms with Gasteiger partial charge in [0.1, 0.15) is 23.4 Å². The fourth-order valence-electron chi connectivity index (χ4n) is 3.70. The standard InChI is InChI=1S/C21H19F7N4O2/c1-11(33)29-14-9-16(19(34)31(2)15-5-3-13(22)4-6-15)32(10-14)18-8-12(20(23,24)25)7-17(30-18)21(26,27)28/h3-8,14,16H,9-10H2,1-2H3,(H,29,33)/t14-,16-/m0/s1. The number of halogens is 7. The number of carbonyl (C=O) groups is 2. The van der Waals surface area contributed by atoms with Crippen LogP contribution in [-0.4, -0.2) is 42.5 Å². The second kappa shape index (κ2) is 9.11. The number of carbonyl (C=O) groups excluding carboxylic acids is 2. The topological polar surface area (TPSA) is 65.5 Å². The molecule has 3 rings (SSSR count). The fourth-order valence-corrected chi connectivity index (χ4v) is 3.70. The SMILES string of the molecule is CC(=O)N[C@H]1C[C@@H](C(=O)N(C)c2ccc(F)cc2)N(c2cc(C(F)(F)F)cc(C(F)(F)F)n2)C1. The molecule has 2 aromatic rings. The zero-order chi connectivity index (χ0) is 25.4. The number of rotatable bonds is 4. The molecule has 184 valence electrons. The van der Waals surface area contributed by atoms with Gasteiger partial charge in [0.15, 0.2) is 0 Å². The summed E-state index contributed by atoms with van der Waals surface area (Å²) in [5.41, 5.74) is -3.09. The number of hydrogen-bond acceptors (Lipinski definition) is 4. The number of benzene rings is 1. The zero-order valence-electron chi connectivity index (χ0n) is 17.8. The number of amides is 2. The van der Waals surface area contributed by atoms with Gasteiger partial charge in [0.2, 0.25) is 11.8 Å². The van der Waals surface area contributed by atoms with Crippen LogP contribution in [0.4, 0.5) is 42.2 Å². The maximum absolute atomic E-state index is 13.3. The van der Waals surface area contributed by atoms with E-state index in [-0.39, 0.29) is 24.7 Å². The molecular weight excluding hydrogens is 473 g/mol. The molecule has 1 saturated heterocycles. The largest absolute Gasteiger partial charge is 0.433 e. The van der Waals surface area contributed by atoms with Gasteiger partial charge in [-0.2, -0.15) is 26.3 Å². The van der Waals surface area contributed by atoms with Crippen LogP contribution in [0.25, 0.3) is 0 Å². The van der Waals surface area contributed by atoms with Crippen LogP contribution in [-0.2, 0) is 21.9 Å². The van der Waals surface area contributed by atoms with Gasteiger partial charge in [0.05, 0.1) is 5.56 Å². The lowest BCUT2D eigenvalue weighted by atomic mass is 10.1. The lowest BCUT2D eigenvalue weighted by molar-refractivity contribution is -0.145. The molecule has 0 radical (unpaired) electrons. The summed E-state index contributed by atoms with van der Waals surface area (Å²) >= 11 is 0. The quantitative estimate of drug-likeness (QED) is 0.656. The van der Waals surface area contributed by atoms with Crippen molar-refractivity contribution in [2.24, 2.45) is 0 Å². The Balaban J connectivity index is 2.05. The molecule has 1 aromatic carbocycles. The molecule has 2 atom stereocenters. The van der Waals surface area contributed by atoms with Gasteiger partial charge in [0, 0.05) is 32.2 Å². The number of pyridine rings is 1. The van der Waals surface area contributed by atoms with E-state index in [0.29, 0.717) is 6.07 Å². The summed E-state index contributed by atoms with van der Waals surface area (Å²) in [6.07, 6.45) is -10.4. The molecule has 1 aliphatic rings. The molecule has 2 amide bonds. The van der Waals surface area contributed by atoms with Crippen LogP contribution in [0, 0.1) is 5.82 Å². The van der Waals surface area contributed by atoms with Crippen LogP contribution in [0.1, 0.15) is 24.6 Å². The maximum atomic E-state index is 13.3. The summed E-state index contributed by atoms with van der Waals surface area (Å²) in [5, 5.41) is 2.53. The van der Waals surface area contributed by atoms with E-state index in [4.69, 9.17) is 0 Å². The van der Waals surface area contributed by atoms with Gasteiger partial charge in [-0.05, 0) is 42.8 Å². The van der Waals surface area contributed by atoms with Gasteiger partial charge in [-0.3, -0.25) is 9.59 Å². The van der Waals surface area contributed by atoms with Gasteiger partial charge >= 0.3 is 12.4 Å². The summed E-state index contributed by atoms with van der Waals surface area (Å²) in [7, 11) is 1.33. The molecule has 1 aromatic heterocycles. The summed E-state index contributed by atoms with van der Waals surface area (Å²) < 4.78 is 93.1. The van der Waals surface area contributed by atoms with Crippen LogP contribution >= 0.6 is 0 Å². The van der Waals surface area contributed by atoms with Crippen LogP contribution in [0.2, 0.25) is 0 Å². The highest BCUT2D eigenvalue weighted by Crippen LogP contribution is 2.38. The number of alkyl halides is 6. The molecular formula is C21H19F7N4O2. The Morgan fingerprint density at radius 1 is 1.06 bits per heavy atom. The minimum Gasteiger partial charge on any atom is -0.352 e. The normalized spacial score (nSPS) is 18.7. The van der Waals surface area contributed by atoms with E-state index in [1.54, 1.807) is 0 Å². The molecule has 1 aliphatic heterocycles. The lowest BCUT2D eigenvalue weighted by Crippen LogP contribution is -2.45. The highest BCUT2D eigenvalue weighted by molar-refractivity contribution is 5.99. The average Bonchev–Trinajstić information content (AvgIpc) is 3.14. The van der Waals surface area contributed by atoms with Crippen LogP contribution in [0.15, 0.2) is 36.4 Å². The van der Waals surface area contributed by atoms with Gasteiger partial charge in [0.25, 0.3) is 0 Å². The van der Waals surface area contributed by atoms with Crippen molar-refractivity contribution in [1.29, 1.82) is 0 Å². The first-order valence-electron chi connectivity index (χ1n) is 9.90. The number of nitrogens with zero attached hydrogens (tertiary/aromatic N) is 3. The zero-order valence-corrected chi connectivity index (χ0v) is 17.8. The van der Waals surface area contributed by atoms with Crippen molar-refractivity contribution in [1.82, 2.24) is 10.3 Å². The van der Waals surface area contributed by atoms with Crippen molar-refractivity contribution in [2.75, 3.05) is 23.4 Å². The van der Waals surface area contributed by atoms with Gasteiger partial charge < -0.3 is 15.1 Å². The molecule has 34 heavy (non-hydrogen) atoms. The van der Waals surface area contributed by atoms with Crippen molar-refractivity contribution in [3.63, 3.8) is 0 Å².